The predicted octanol–water partition coefficient (Wildman–Crippen LogP) is 6.02. The van der Waals surface area contributed by atoms with Gasteiger partial charge in [-0.05, 0) is 29.8 Å². The van der Waals surface area contributed by atoms with Gasteiger partial charge in [0.2, 0.25) is 0 Å². The van der Waals surface area contributed by atoms with E-state index in [9.17, 15) is 22.8 Å². The zero-order chi connectivity index (χ0) is 25.5. The molecule has 0 atom stereocenters. The van der Waals surface area contributed by atoms with Crippen LogP contribution in [0.3, 0.4) is 0 Å². The van der Waals surface area contributed by atoms with E-state index in [0.717, 1.165) is 17.3 Å². The normalized spacial score (nSPS) is 13.1. The van der Waals surface area contributed by atoms with Crippen molar-refractivity contribution in [2.24, 2.45) is 0 Å². The first-order chi connectivity index (χ1) is 16.5. The summed E-state index contributed by atoms with van der Waals surface area (Å²) in [4.78, 5) is 29.5. The number of hydrogen-bond donors (Lipinski definition) is 1. The largest absolute Gasteiger partial charge is 0.493 e. The van der Waals surface area contributed by atoms with Crippen LogP contribution in [0.2, 0.25) is 10.0 Å². The number of ether oxygens (including phenoxy) is 2. The molecule has 1 N–H and O–H groups in total. The van der Waals surface area contributed by atoms with E-state index in [-0.39, 0.29) is 32.9 Å². The Kier molecular flexibility index (Phi) is 6.99. The Morgan fingerprint density at radius 3 is 2.37 bits per heavy atom. The third-order valence-electron chi connectivity index (χ3n) is 5.39. The quantitative estimate of drug-likeness (QED) is 0.425. The minimum atomic E-state index is -4.84. The number of alkyl halides is 3. The summed E-state index contributed by atoms with van der Waals surface area (Å²) in [7, 11) is 2.94. The van der Waals surface area contributed by atoms with Crippen LogP contribution in [0, 0.1) is 0 Å². The molecule has 0 spiro atoms. The third-order valence-corrected chi connectivity index (χ3v) is 7.43. The molecule has 6 nitrogen and oxygen atoms in total. The van der Waals surface area contributed by atoms with Crippen molar-refractivity contribution in [3.63, 3.8) is 0 Å². The van der Waals surface area contributed by atoms with Gasteiger partial charge in [-0.25, -0.2) is 0 Å². The molecule has 0 radical (unpaired) electrons. The number of aromatic amines is 1. The van der Waals surface area contributed by atoms with Crippen LogP contribution in [-0.4, -0.2) is 30.0 Å². The number of methoxy groups -OCH3 is 2. The third kappa shape index (κ3) is 4.82. The highest BCUT2D eigenvalue weighted by Gasteiger charge is 2.36. The van der Waals surface area contributed by atoms with Crippen LogP contribution in [0.25, 0.3) is 0 Å². The zero-order valence-electron chi connectivity index (χ0n) is 18.3. The number of nitrogens with zero attached hydrogens (tertiary/aromatic N) is 1. The number of fused-ring (bicyclic) bond motifs is 1. The molecule has 3 aromatic rings. The van der Waals surface area contributed by atoms with Gasteiger partial charge in [-0.3, -0.25) is 9.59 Å². The van der Waals surface area contributed by atoms with Crippen LogP contribution in [0.15, 0.2) is 51.0 Å². The number of carbonyl (C=O) groups is 1. The van der Waals surface area contributed by atoms with Crippen LogP contribution in [0.1, 0.15) is 27.2 Å². The highest BCUT2D eigenvalue weighted by molar-refractivity contribution is 7.99. The van der Waals surface area contributed by atoms with E-state index in [0.29, 0.717) is 23.1 Å². The molecule has 0 saturated heterocycles. The Morgan fingerprint density at radius 1 is 1.09 bits per heavy atom. The Hall–Kier alpha value is -2.82. The summed E-state index contributed by atoms with van der Waals surface area (Å²) in [5.74, 6) is 0.166. The van der Waals surface area contributed by atoms with Crippen molar-refractivity contribution in [3.8, 4) is 11.5 Å². The van der Waals surface area contributed by atoms with Gasteiger partial charge in [-0.15, -0.1) is 0 Å². The highest BCUT2D eigenvalue weighted by atomic mass is 35.5. The second-order valence-electron chi connectivity index (χ2n) is 7.50. The van der Waals surface area contributed by atoms with Crippen molar-refractivity contribution in [2.75, 3.05) is 14.2 Å². The average molecular weight is 545 g/mol. The maximum atomic E-state index is 13.5. The molecule has 2 heterocycles. The lowest BCUT2D eigenvalue weighted by Crippen LogP contribution is -2.32. The van der Waals surface area contributed by atoms with E-state index in [1.54, 1.807) is 23.2 Å². The van der Waals surface area contributed by atoms with Crippen molar-refractivity contribution in [1.29, 1.82) is 0 Å². The molecule has 2 aromatic carbocycles. The van der Waals surface area contributed by atoms with E-state index in [1.165, 1.54) is 31.3 Å². The fourth-order valence-corrected chi connectivity index (χ4v) is 5.41. The van der Waals surface area contributed by atoms with E-state index >= 15 is 0 Å². The molecule has 1 aromatic heterocycles. The smallest absolute Gasteiger partial charge is 0.431 e. The fraction of sp³-hybridized carbons (Fsp3) is 0.217. The molecule has 0 bridgehead atoms. The summed E-state index contributed by atoms with van der Waals surface area (Å²) < 4.78 is 51.1. The molecular weight excluding hydrogens is 528 g/mol. The number of hydrogen-bond acceptors (Lipinski definition) is 5. The molecule has 0 unspecified atom stereocenters. The van der Waals surface area contributed by atoms with Crippen LogP contribution >= 0.6 is 35.0 Å². The van der Waals surface area contributed by atoms with Crippen molar-refractivity contribution >= 4 is 40.9 Å². The lowest BCUT2D eigenvalue weighted by molar-refractivity contribution is -0.141. The molecular formula is C23H17Cl2F3N2O4S. The van der Waals surface area contributed by atoms with Gasteiger partial charge < -0.3 is 19.4 Å². The van der Waals surface area contributed by atoms with Crippen LogP contribution < -0.4 is 15.0 Å². The zero-order valence-corrected chi connectivity index (χ0v) is 20.6. The number of carbonyl (C=O) groups excluding carboxylic acids is 1. The topological polar surface area (TPSA) is 71.6 Å². The van der Waals surface area contributed by atoms with Crippen LogP contribution in [-0.2, 0) is 19.3 Å². The van der Waals surface area contributed by atoms with Crippen molar-refractivity contribution in [2.45, 2.75) is 29.1 Å². The first-order valence-electron chi connectivity index (χ1n) is 10.0. The second-order valence-corrected chi connectivity index (χ2v) is 9.37. The Labute approximate surface area is 211 Å². The summed E-state index contributed by atoms with van der Waals surface area (Å²) in [5.41, 5.74) is -1.45. The number of pyridine rings is 1. The molecule has 4 rings (SSSR count). The molecule has 0 aliphatic carbocycles. The number of amides is 1. The summed E-state index contributed by atoms with van der Waals surface area (Å²) >= 11 is 13.1. The average Bonchev–Trinajstić information content (AvgIpc) is 3.24. The van der Waals surface area contributed by atoms with Crippen molar-refractivity contribution < 1.29 is 27.4 Å². The Morgan fingerprint density at radius 2 is 1.77 bits per heavy atom. The second kappa shape index (κ2) is 9.67. The molecule has 0 fully saturated rings. The highest BCUT2D eigenvalue weighted by Crippen LogP contribution is 2.42. The van der Waals surface area contributed by atoms with Gasteiger partial charge in [0.25, 0.3) is 11.5 Å². The summed E-state index contributed by atoms with van der Waals surface area (Å²) in [5, 5.41) is 0.334. The first-order valence-corrected chi connectivity index (χ1v) is 11.6. The summed E-state index contributed by atoms with van der Waals surface area (Å²) in [6, 6.07) is 8.75. The van der Waals surface area contributed by atoms with Crippen molar-refractivity contribution in [3.05, 3.63) is 79.2 Å². The molecule has 1 amide bonds. The molecule has 1 aliphatic heterocycles. The number of H-pyrrole nitrogens is 1. The predicted molar refractivity (Wildman–Crippen MR) is 126 cm³/mol. The van der Waals surface area contributed by atoms with Crippen molar-refractivity contribution in [1.82, 2.24) is 9.88 Å². The van der Waals surface area contributed by atoms with Crippen LogP contribution in [0.4, 0.5) is 13.2 Å². The minimum Gasteiger partial charge on any atom is -0.493 e. The standard InChI is InChI=1S/C23H17Cl2F3N2O4S/c1-33-15-7-6-11-9-30(10-12(11)19(15)34-2)22(32)18-16(8-17(23(26,27)28)29-21(18)31)35-20-13(24)4-3-5-14(20)25/h3-8H,9-10H2,1-2H3,(H,29,31). The van der Waals surface area contributed by atoms with Gasteiger partial charge in [0.05, 0.1) is 30.8 Å². The molecule has 35 heavy (non-hydrogen) atoms. The molecule has 12 heteroatoms. The maximum absolute atomic E-state index is 13.5. The number of benzene rings is 2. The first kappa shape index (κ1) is 25.3. The maximum Gasteiger partial charge on any atom is 0.431 e. The van der Waals surface area contributed by atoms with Gasteiger partial charge >= 0.3 is 6.18 Å². The summed E-state index contributed by atoms with van der Waals surface area (Å²) in [6.07, 6.45) is -4.84. The lowest BCUT2D eigenvalue weighted by atomic mass is 10.1. The van der Waals surface area contributed by atoms with E-state index in [1.807, 2.05) is 0 Å². The van der Waals surface area contributed by atoms with E-state index in [2.05, 4.69) is 0 Å². The Bertz CT molecular complexity index is 1360. The number of nitrogens with one attached hydrogen (secondary N) is 1. The molecule has 1 aliphatic rings. The Balaban J connectivity index is 1.79. The van der Waals surface area contributed by atoms with Gasteiger partial charge in [0, 0.05) is 21.9 Å². The number of rotatable bonds is 5. The summed E-state index contributed by atoms with van der Waals surface area (Å²) in [6.45, 7) is 0.206. The van der Waals surface area contributed by atoms with E-state index < -0.39 is 28.9 Å². The van der Waals surface area contributed by atoms with Gasteiger partial charge in [-0.1, -0.05) is 47.1 Å². The van der Waals surface area contributed by atoms with E-state index in [4.69, 9.17) is 32.7 Å². The SMILES string of the molecule is COc1ccc2c(c1OC)CN(C(=O)c1c(Sc3c(Cl)cccc3Cl)cc(C(F)(F)F)[nH]c1=O)C2. The van der Waals surface area contributed by atoms with Gasteiger partial charge in [0.1, 0.15) is 11.3 Å². The number of halogens is 5. The minimum absolute atomic E-state index is 0.0754. The number of aromatic nitrogens is 1. The van der Waals surface area contributed by atoms with Crippen LogP contribution in [0.5, 0.6) is 11.5 Å². The monoisotopic (exact) mass is 544 g/mol. The lowest BCUT2D eigenvalue weighted by Gasteiger charge is -2.19. The van der Waals surface area contributed by atoms with Gasteiger partial charge in [0.15, 0.2) is 11.5 Å². The fourth-order valence-electron chi connectivity index (χ4n) is 3.77. The van der Waals surface area contributed by atoms with Gasteiger partial charge in [-0.2, -0.15) is 13.2 Å². The molecule has 0 saturated carbocycles. The molecule has 184 valence electrons.